The molecule has 0 aromatic carbocycles. The van der Waals surface area contributed by atoms with E-state index < -0.39 is 0 Å². The highest BCUT2D eigenvalue weighted by atomic mass is 35.5. The second kappa shape index (κ2) is 2.44. The molecule has 50 valence electrons. The molecule has 0 aliphatic carbocycles. The molecule has 1 aliphatic rings. The van der Waals surface area contributed by atoms with Crippen LogP contribution < -0.4 is 0 Å². The van der Waals surface area contributed by atoms with Gasteiger partial charge in [-0.1, -0.05) is 17.2 Å². The van der Waals surface area contributed by atoms with Crippen molar-refractivity contribution in [2.75, 3.05) is 7.05 Å². The van der Waals surface area contributed by atoms with Crippen LogP contribution in [-0.2, 0) is 0 Å². The van der Waals surface area contributed by atoms with Gasteiger partial charge in [0.25, 0.3) is 0 Å². The van der Waals surface area contributed by atoms with Gasteiger partial charge in [0.15, 0.2) is 0 Å². The first-order chi connectivity index (χ1) is 4.20. The normalized spacial score (nSPS) is 26.3. The fourth-order valence-electron chi connectivity index (χ4n) is 0.707. The molecule has 0 aromatic heterocycles. The number of likely N-dealkylation sites (N-methyl/N-ethyl adjacent to an activating group) is 1. The van der Waals surface area contributed by atoms with Gasteiger partial charge in [-0.25, -0.2) is 0 Å². The first-order valence-corrected chi connectivity index (χ1v) is 3.36. The van der Waals surface area contributed by atoms with E-state index in [1.807, 2.05) is 37.2 Å². The molecule has 0 amide bonds. The van der Waals surface area contributed by atoms with Crippen LogP contribution >= 0.6 is 11.6 Å². The van der Waals surface area contributed by atoms with Gasteiger partial charge in [-0.3, -0.25) is 0 Å². The lowest BCUT2D eigenvalue weighted by molar-refractivity contribution is 0.464. The van der Waals surface area contributed by atoms with Crippen LogP contribution in [0.5, 0.6) is 0 Å². The molecule has 1 heterocycles. The Labute approximate surface area is 60.6 Å². The Kier molecular flexibility index (Phi) is 1.81. The van der Waals surface area contributed by atoms with E-state index in [0.29, 0.717) is 0 Å². The van der Waals surface area contributed by atoms with Crippen molar-refractivity contribution < 1.29 is 0 Å². The van der Waals surface area contributed by atoms with E-state index in [2.05, 4.69) is 0 Å². The molecule has 1 nitrogen and oxygen atoms in total. The predicted octanol–water partition coefficient (Wildman–Crippen LogP) is 1.96. The SMILES string of the molecule is CC1=CC(Cl)N(C)C=C1. The number of hydrogen-bond donors (Lipinski definition) is 0. The van der Waals surface area contributed by atoms with E-state index in [9.17, 15) is 0 Å². The minimum Gasteiger partial charge on any atom is -0.361 e. The smallest absolute Gasteiger partial charge is 0.122 e. The van der Waals surface area contributed by atoms with Gasteiger partial charge in [-0.15, -0.1) is 0 Å². The highest BCUT2D eigenvalue weighted by molar-refractivity contribution is 6.21. The van der Waals surface area contributed by atoms with Crippen molar-refractivity contribution in [3.8, 4) is 0 Å². The number of alkyl halides is 1. The number of halogens is 1. The third-order valence-electron chi connectivity index (χ3n) is 1.36. The molecule has 1 aliphatic heterocycles. The van der Waals surface area contributed by atoms with E-state index in [0.717, 1.165) is 0 Å². The number of rotatable bonds is 0. The van der Waals surface area contributed by atoms with Crippen LogP contribution in [0.25, 0.3) is 0 Å². The molecular formula is C7H10ClN. The van der Waals surface area contributed by atoms with Crippen molar-refractivity contribution in [2.45, 2.75) is 12.4 Å². The summed E-state index contributed by atoms with van der Waals surface area (Å²) >= 11 is 5.86. The Morgan fingerprint density at radius 2 is 2.33 bits per heavy atom. The summed E-state index contributed by atoms with van der Waals surface area (Å²) in [5, 5.41) is 0. The molecule has 0 saturated carbocycles. The molecule has 1 rings (SSSR count). The zero-order valence-electron chi connectivity index (χ0n) is 5.63. The van der Waals surface area contributed by atoms with Gasteiger partial charge in [0.2, 0.25) is 0 Å². The third kappa shape index (κ3) is 1.49. The first kappa shape index (κ1) is 6.69. The van der Waals surface area contributed by atoms with Gasteiger partial charge in [0, 0.05) is 13.2 Å². The lowest BCUT2D eigenvalue weighted by Crippen LogP contribution is -2.21. The molecular weight excluding hydrogens is 134 g/mol. The molecule has 2 heteroatoms. The summed E-state index contributed by atoms with van der Waals surface area (Å²) in [6.07, 6.45) is 6.04. The van der Waals surface area contributed by atoms with Crippen LogP contribution in [0, 0.1) is 0 Å². The van der Waals surface area contributed by atoms with E-state index in [-0.39, 0.29) is 5.50 Å². The van der Waals surface area contributed by atoms with E-state index in [1.165, 1.54) is 5.57 Å². The number of hydrogen-bond acceptors (Lipinski definition) is 1. The van der Waals surface area contributed by atoms with Gasteiger partial charge in [-0.05, 0) is 19.1 Å². The molecule has 0 aromatic rings. The topological polar surface area (TPSA) is 3.24 Å². The fourth-order valence-corrected chi connectivity index (χ4v) is 0.971. The second-order valence-electron chi connectivity index (χ2n) is 2.26. The lowest BCUT2D eigenvalue weighted by Gasteiger charge is -2.21. The van der Waals surface area contributed by atoms with Crippen molar-refractivity contribution in [1.82, 2.24) is 4.90 Å². The average molecular weight is 144 g/mol. The van der Waals surface area contributed by atoms with Crippen molar-refractivity contribution in [2.24, 2.45) is 0 Å². The van der Waals surface area contributed by atoms with Crippen molar-refractivity contribution in [3.63, 3.8) is 0 Å². The molecule has 0 spiro atoms. The molecule has 9 heavy (non-hydrogen) atoms. The van der Waals surface area contributed by atoms with Crippen LogP contribution in [0.15, 0.2) is 23.9 Å². The summed E-state index contributed by atoms with van der Waals surface area (Å²) in [5.41, 5.74) is 1.27. The van der Waals surface area contributed by atoms with Gasteiger partial charge in [-0.2, -0.15) is 0 Å². The summed E-state index contributed by atoms with van der Waals surface area (Å²) in [4.78, 5) is 1.95. The number of allylic oxidation sites excluding steroid dienone is 2. The van der Waals surface area contributed by atoms with Crippen LogP contribution in [0.1, 0.15) is 6.92 Å². The van der Waals surface area contributed by atoms with Gasteiger partial charge in [0.05, 0.1) is 0 Å². The van der Waals surface area contributed by atoms with Gasteiger partial charge < -0.3 is 4.90 Å². The van der Waals surface area contributed by atoms with Crippen molar-refractivity contribution >= 4 is 11.6 Å². The predicted molar refractivity (Wildman–Crippen MR) is 40.3 cm³/mol. The largest absolute Gasteiger partial charge is 0.361 e. The fraction of sp³-hybridized carbons (Fsp3) is 0.429. The Bertz CT molecular complexity index is 160. The Hall–Kier alpha value is -0.430. The minimum atomic E-state index is 0.0370. The number of nitrogens with zero attached hydrogens (tertiary/aromatic N) is 1. The molecule has 1 atom stereocenters. The maximum Gasteiger partial charge on any atom is 0.122 e. The molecule has 1 unspecified atom stereocenters. The Balaban J connectivity index is 2.70. The van der Waals surface area contributed by atoms with E-state index in [4.69, 9.17) is 11.6 Å². The summed E-state index contributed by atoms with van der Waals surface area (Å²) in [7, 11) is 1.96. The first-order valence-electron chi connectivity index (χ1n) is 2.93. The zero-order valence-corrected chi connectivity index (χ0v) is 6.39. The van der Waals surface area contributed by atoms with E-state index >= 15 is 0 Å². The van der Waals surface area contributed by atoms with E-state index in [1.54, 1.807) is 0 Å². The Morgan fingerprint density at radius 3 is 2.78 bits per heavy atom. The monoisotopic (exact) mass is 143 g/mol. The summed E-state index contributed by atoms with van der Waals surface area (Å²) in [5.74, 6) is 0. The van der Waals surface area contributed by atoms with Crippen molar-refractivity contribution in [3.05, 3.63) is 23.9 Å². The van der Waals surface area contributed by atoms with Crippen molar-refractivity contribution in [1.29, 1.82) is 0 Å². The quantitative estimate of drug-likeness (QED) is 0.370. The zero-order chi connectivity index (χ0) is 6.85. The minimum absolute atomic E-state index is 0.0370. The molecule has 0 bridgehead atoms. The van der Waals surface area contributed by atoms with Crippen LogP contribution in [0.2, 0.25) is 0 Å². The Morgan fingerprint density at radius 1 is 1.67 bits per heavy atom. The lowest BCUT2D eigenvalue weighted by atomic mass is 10.2. The standard InChI is InChI=1S/C7H10ClN/c1-6-3-4-9(2)7(8)5-6/h3-5,7H,1-2H3. The highest BCUT2D eigenvalue weighted by Crippen LogP contribution is 2.13. The highest BCUT2D eigenvalue weighted by Gasteiger charge is 2.06. The maximum atomic E-state index is 5.86. The van der Waals surface area contributed by atoms with Gasteiger partial charge >= 0.3 is 0 Å². The van der Waals surface area contributed by atoms with Gasteiger partial charge in [0.1, 0.15) is 5.50 Å². The second-order valence-corrected chi connectivity index (χ2v) is 2.71. The summed E-state index contributed by atoms with van der Waals surface area (Å²) in [6.45, 7) is 2.04. The van der Waals surface area contributed by atoms with Crippen LogP contribution in [0.4, 0.5) is 0 Å². The molecule has 0 radical (unpaired) electrons. The van der Waals surface area contributed by atoms with Crippen LogP contribution in [-0.4, -0.2) is 17.4 Å². The molecule has 0 fully saturated rings. The summed E-state index contributed by atoms with van der Waals surface area (Å²) in [6, 6.07) is 0. The molecule has 0 N–H and O–H groups in total. The molecule has 0 saturated heterocycles. The average Bonchev–Trinajstić information content (AvgIpc) is 1.80. The maximum absolute atomic E-state index is 5.86. The summed E-state index contributed by atoms with van der Waals surface area (Å²) < 4.78 is 0. The van der Waals surface area contributed by atoms with Crippen LogP contribution in [0.3, 0.4) is 0 Å². The third-order valence-corrected chi connectivity index (χ3v) is 1.80.